The second kappa shape index (κ2) is 18.1. The van der Waals surface area contributed by atoms with E-state index in [9.17, 15) is 28.8 Å². The molecule has 0 aliphatic heterocycles. The molecule has 0 saturated heterocycles. The molecule has 0 spiro atoms. The number of nitrogens with one attached hydrogen (secondary N) is 6. The van der Waals surface area contributed by atoms with Crippen molar-refractivity contribution in [3.8, 4) is 0 Å². The molecule has 0 heterocycles. The van der Waals surface area contributed by atoms with Crippen LogP contribution in [0.25, 0.3) is 0 Å². The van der Waals surface area contributed by atoms with Gasteiger partial charge in [0.05, 0.1) is 21.4 Å². The van der Waals surface area contributed by atoms with Crippen molar-refractivity contribution in [2.24, 2.45) is 0 Å². The van der Waals surface area contributed by atoms with Crippen molar-refractivity contribution in [1.29, 1.82) is 0 Å². The minimum Gasteiger partial charge on any atom is -0.325 e. The van der Waals surface area contributed by atoms with Gasteiger partial charge in [0.15, 0.2) is 0 Å². The van der Waals surface area contributed by atoms with Crippen molar-refractivity contribution in [2.45, 2.75) is 51.4 Å². The fourth-order valence-electron chi connectivity index (χ4n) is 3.16. The van der Waals surface area contributed by atoms with E-state index in [4.69, 9.17) is 46.4 Å². The molecule has 0 unspecified atom stereocenters. The number of carbonyl (C=O) groups is 6. The Bertz CT molecular complexity index is 1230. The first-order chi connectivity index (χ1) is 19.9. The van der Waals surface area contributed by atoms with Crippen molar-refractivity contribution in [3.05, 3.63) is 56.5 Å². The average Bonchev–Trinajstić information content (AvgIpc) is 2.93. The second-order valence-corrected chi connectivity index (χ2v) is 10.4. The van der Waals surface area contributed by atoms with Crippen molar-refractivity contribution in [2.75, 3.05) is 10.6 Å². The molecule has 0 aromatic heterocycles. The lowest BCUT2D eigenvalue weighted by Gasteiger charge is -2.09. The van der Waals surface area contributed by atoms with Crippen molar-refractivity contribution < 1.29 is 28.8 Å². The lowest BCUT2D eigenvalue weighted by molar-refractivity contribution is -0.130. The zero-order valence-corrected chi connectivity index (χ0v) is 25.1. The molecule has 6 amide bonds. The van der Waals surface area contributed by atoms with E-state index < -0.39 is 35.4 Å². The first-order valence-corrected chi connectivity index (χ1v) is 14.1. The number of unbranched alkanes of at least 4 members (excludes halogenated alkanes) is 1. The Morgan fingerprint density at radius 2 is 0.762 bits per heavy atom. The zero-order chi connectivity index (χ0) is 31.1. The van der Waals surface area contributed by atoms with Crippen molar-refractivity contribution >= 4 is 93.2 Å². The Hall–Kier alpha value is -3.58. The van der Waals surface area contributed by atoms with Gasteiger partial charge in [-0.2, -0.15) is 0 Å². The summed E-state index contributed by atoms with van der Waals surface area (Å²) < 4.78 is 0. The number of hydrazine groups is 2. The van der Waals surface area contributed by atoms with E-state index in [1.165, 1.54) is 24.3 Å². The standard InChI is InChI=1S/C26H28Cl4N6O6/c27-15-5-7-19(17(29)13-15)31-21(37)9-11-25(41)35-33-23(39)3-1-2-4-24(40)34-36-26(42)12-10-22(38)32-20-8-6-16(28)14-18(20)30/h5-8,13-14H,1-4,9-12H2,(H,31,37)(H,32,38)(H,33,39)(H,34,40)(H,35,41)(H,36,42). The minimum absolute atomic E-state index is 0.0300. The molecule has 2 rings (SSSR count). The molecule has 0 atom stereocenters. The minimum atomic E-state index is -0.568. The van der Waals surface area contributed by atoms with E-state index in [0.29, 0.717) is 34.3 Å². The van der Waals surface area contributed by atoms with Crippen LogP contribution in [0.2, 0.25) is 20.1 Å². The normalized spacial score (nSPS) is 10.3. The molecule has 226 valence electrons. The summed E-state index contributed by atoms with van der Waals surface area (Å²) >= 11 is 23.6. The number of benzene rings is 2. The Morgan fingerprint density at radius 1 is 0.452 bits per heavy atom. The van der Waals surface area contributed by atoms with Crippen LogP contribution in [0.1, 0.15) is 51.4 Å². The summed E-state index contributed by atoms with van der Waals surface area (Å²) in [6, 6.07) is 9.13. The largest absolute Gasteiger partial charge is 0.325 e. The van der Waals surface area contributed by atoms with E-state index in [-0.39, 0.29) is 48.6 Å². The van der Waals surface area contributed by atoms with Crippen molar-refractivity contribution in [3.63, 3.8) is 0 Å². The molecule has 6 N–H and O–H groups in total. The number of halogens is 4. The monoisotopic (exact) mass is 660 g/mol. The van der Waals surface area contributed by atoms with Crippen LogP contribution in [0, 0.1) is 0 Å². The number of rotatable bonds is 13. The Balaban J connectivity index is 1.50. The van der Waals surface area contributed by atoms with Gasteiger partial charge in [0, 0.05) is 48.6 Å². The van der Waals surface area contributed by atoms with Gasteiger partial charge < -0.3 is 10.6 Å². The van der Waals surface area contributed by atoms with Crippen LogP contribution in [0.3, 0.4) is 0 Å². The fourth-order valence-corrected chi connectivity index (χ4v) is 4.07. The van der Waals surface area contributed by atoms with Crippen LogP contribution in [0.15, 0.2) is 36.4 Å². The Labute approximate surface area is 261 Å². The maximum atomic E-state index is 12.0. The lowest BCUT2D eigenvalue weighted by Crippen LogP contribution is -2.42. The molecule has 12 nitrogen and oxygen atoms in total. The summed E-state index contributed by atoms with van der Waals surface area (Å²) in [6.07, 6.45) is 0.0939. The maximum absolute atomic E-state index is 12.0. The van der Waals surface area contributed by atoms with E-state index in [0.717, 1.165) is 0 Å². The molecular weight excluding hydrogens is 634 g/mol. The highest BCUT2D eigenvalue weighted by Crippen LogP contribution is 2.26. The average molecular weight is 662 g/mol. The van der Waals surface area contributed by atoms with Gasteiger partial charge in [-0.05, 0) is 49.2 Å². The predicted octanol–water partition coefficient (Wildman–Crippen LogP) is 4.29. The van der Waals surface area contributed by atoms with Gasteiger partial charge in [-0.3, -0.25) is 50.5 Å². The highest BCUT2D eigenvalue weighted by molar-refractivity contribution is 6.37. The third-order valence-electron chi connectivity index (χ3n) is 5.31. The molecule has 0 radical (unpaired) electrons. The molecule has 2 aromatic carbocycles. The van der Waals surface area contributed by atoms with Crippen LogP contribution in [-0.2, 0) is 28.8 Å². The lowest BCUT2D eigenvalue weighted by atomic mass is 10.2. The van der Waals surface area contributed by atoms with Gasteiger partial charge in [-0.1, -0.05) is 46.4 Å². The predicted molar refractivity (Wildman–Crippen MR) is 160 cm³/mol. The zero-order valence-electron chi connectivity index (χ0n) is 22.1. The van der Waals surface area contributed by atoms with Gasteiger partial charge in [-0.25, -0.2) is 0 Å². The van der Waals surface area contributed by atoms with E-state index in [2.05, 4.69) is 32.3 Å². The van der Waals surface area contributed by atoms with E-state index >= 15 is 0 Å². The Morgan fingerprint density at radius 3 is 1.10 bits per heavy atom. The number of amides is 6. The molecule has 0 aliphatic carbocycles. The van der Waals surface area contributed by atoms with Crippen LogP contribution >= 0.6 is 46.4 Å². The van der Waals surface area contributed by atoms with Gasteiger partial charge in [-0.15, -0.1) is 0 Å². The van der Waals surface area contributed by atoms with Gasteiger partial charge in [0.1, 0.15) is 0 Å². The van der Waals surface area contributed by atoms with Crippen LogP contribution in [0.5, 0.6) is 0 Å². The number of hydrogen-bond donors (Lipinski definition) is 6. The van der Waals surface area contributed by atoms with Gasteiger partial charge in [0.25, 0.3) is 0 Å². The first-order valence-electron chi connectivity index (χ1n) is 12.6. The van der Waals surface area contributed by atoms with Crippen LogP contribution in [-0.4, -0.2) is 35.4 Å². The fraction of sp³-hybridized carbons (Fsp3) is 0.308. The SMILES string of the molecule is O=C(CCCCC(=O)NNC(=O)CCC(=O)Nc1ccc(Cl)cc1Cl)NNC(=O)CCC(=O)Nc1ccc(Cl)cc1Cl. The second-order valence-electron chi connectivity index (χ2n) is 8.74. The van der Waals surface area contributed by atoms with Crippen molar-refractivity contribution in [1.82, 2.24) is 21.7 Å². The molecule has 16 heteroatoms. The first kappa shape index (κ1) is 34.6. The smallest absolute Gasteiger partial charge is 0.238 e. The summed E-state index contributed by atoms with van der Waals surface area (Å²) in [4.78, 5) is 71.5. The maximum Gasteiger partial charge on any atom is 0.238 e. The van der Waals surface area contributed by atoms with Gasteiger partial charge in [0.2, 0.25) is 35.4 Å². The third kappa shape index (κ3) is 13.9. The molecule has 0 fully saturated rings. The highest BCUT2D eigenvalue weighted by Gasteiger charge is 2.12. The quantitative estimate of drug-likeness (QED) is 0.138. The van der Waals surface area contributed by atoms with E-state index in [1.54, 1.807) is 12.1 Å². The summed E-state index contributed by atoms with van der Waals surface area (Å²) in [5.74, 6) is -2.98. The van der Waals surface area contributed by atoms with E-state index in [1.807, 2.05) is 0 Å². The summed E-state index contributed by atoms with van der Waals surface area (Å²) in [6.45, 7) is 0. The summed E-state index contributed by atoms with van der Waals surface area (Å²) in [5.41, 5.74) is 9.61. The van der Waals surface area contributed by atoms with Crippen LogP contribution in [0.4, 0.5) is 11.4 Å². The summed E-state index contributed by atoms with van der Waals surface area (Å²) in [5, 5.41) is 6.47. The third-order valence-corrected chi connectivity index (χ3v) is 6.40. The molecular formula is C26H28Cl4N6O6. The Kier molecular flexibility index (Phi) is 14.9. The molecule has 42 heavy (non-hydrogen) atoms. The molecule has 2 aromatic rings. The highest BCUT2D eigenvalue weighted by atomic mass is 35.5. The number of carbonyl (C=O) groups excluding carboxylic acids is 6. The summed E-state index contributed by atoms with van der Waals surface area (Å²) in [7, 11) is 0. The topological polar surface area (TPSA) is 175 Å². The van der Waals surface area contributed by atoms with Crippen LogP contribution < -0.4 is 32.3 Å². The molecule has 0 bridgehead atoms. The number of anilines is 2. The number of hydrogen-bond acceptors (Lipinski definition) is 6. The molecule has 0 aliphatic rings. The van der Waals surface area contributed by atoms with Gasteiger partial charge >= 0.3 is 0 Å². The molecule has 0 saturated carbocycles.